The van der Waals surface area contributed by atoms with Crippen molar-refractivity contribution >= 4 is 11.1 Å². The number of nitrogens with two attached hydrogens (primary N) is 1. The lowest BCUT2D eigenvalue weighted by Gasteiger charge is -2.22. The SMILES string of the molecule is CC(C)Oc1ccc(C(C)C)cc1.CC(C)c1ccc(C(C)(C)O)c(CO)c1.CN.COc1cc(C(C)C)cc(OC)c1OC.COc1cc(OC)c(C(C)C)cc1OC.Cc1cc(C(C)C)ccc1S(=O)[O-]. The predicted molar refractivity (Wildman–Crippen MR) is 301 cm³/mol. The van der Waals surface area contributed by atoms with Crippen LogP contribution in [0, 0.1) is 6.92 Å². The third-order valence-electron chi connectivity index (χ3n) is 11.3. The molecule has 0 fully saturated rings. The molecular formula is C60H92NO11S-. The highest BCUT2D eigenvalue weighted by Gasteiger charge is 2.20. The zero-order valence-corrected chi connectivity index (χ0v) is 49.1. The summed E-state index contributed by atoms with van der Waals surface area (Å²) < 4.78 is 58.5. The summed E-state index contributed by atoms with van der Waals surface area (Å²) in [5, 5.41) is 19.2. The molecule has 4 N–H and O–H groups in total. The molecule has 1 unspecified atom stereocenters. The molecule has 0 aromatic heterocycles. The molecule has 0 aliphatic heterocycles. The van der Waals surface area contributed by atoms with Crippen LogP contribution in [0.25, 0.3) is 0 Å². The second-order valence-electron chi connectivity index (χ2n) is 19.3. The number of aryl methyl sites for hydroxylation is 1. The number of ether oxygens (including phenoxy) is 7. The maximum atomic E-state index is 10.7. The molecular weight excluding hydrogens is 943 g/mol. The molecule has 5 rings (SSSR count). The average Bonchev–Trinajstić information content (AvgIpc) is 3.35. The fraction of sp³-hybridized carbons (Fsp3) is 0.500. The maximum absolute atomic E-state index is 10.7. The lowest BCUT2D eigenvalue weighted by atomic mass is 9.90. The summed E-state index contributed by atoms with van der Waals surface area (Å²) in [5.41, 5.74) is 12.0. The van der Waals surface area contributed by atoms with E-state index in [4.69, 9.17) is 33.2 Å². The minimum Gasteiger partial charge on any atom is -0.768 e. The van der Waals surface area contributed by atoms with Crippen molar-refractivity contribution in [2.24, 2.45) is 5.73 Å². The van der Waals surface area contributed by atoms with E-state index in [1.165, 1.54) is 29.3 Å². The van der Waals surface area contributed by atoms with E-state index in [1.54, 1.807) is 62.6 Å². The van der Waals surface area contributed by atoms with Crippen LogP contribution in [-0.4, -0.2) is 74.8 Å². The van der Waals surface area contributed by atoms with Crippen molar-refractivity contribution in [3.8, 4) is 40.2 Å². The Morgan fingerprint density at radius 2 is 0.959 bits per heavy atom. The van der Waals surface area contributed by atoms with Crippen LogP contribution in [0.2, 0.25) is 0 Å². The van der Waals surface area contributed by atoms with Crippen molar-refractivity contribution in [3.63, 3.8) is 0 Å². The van der Waals surface area contributed by atoms with Gasteiger partial charge in [0, 0.05) is 16.5 Å². The number of rotatable bonds is 16. The molecule has 13 heteroatoms. The van der Waals surface area contributed by atoms with Gasteiger partial charge in [-0.15, -0.1) is 0 Å². The Labute approximate surface area is 443 Å². The summed E-state index contributed by atoms with van der Waals surface area (Å²) in [6.45, 7) is 30.6. The Kier molecular flexibility index (Phi) is 31.7. The minimum atomic E-state index is -2.11. The first-order chi connectivity index (χ1) is 34.2. The first kappa shape index (κ1) is 67.7. The first-order valence-corrected chi connectivity index (χ1v) is 25.9. The van der Waals surface area contributed by atoms with Gasteiger partial charge in [-0.25, -0.2) is 0 Å². The molecule has 73 heavy (non-hydrogen) atoms. The summed E-state index contributed by atoms with van der Waals surface area (Å²) >= 11 is -2.11. The average molecular weight is 1040 g/mol. The Morgan fingerprint density at radius 1 is 0.534 bits per heavy atom. The smallest absolute Gasteiger partial charge is 0.203 e. The number of aliphatic hydroxyl groups excluding tert-OH is 1. The molecule has 0 aliphatic rings. The van der Waals surface area contributed by atoms with Gasteiger partial charge >= 0.3 is 0 Å². The highest BCUT2D eigenvalue weighted by Crippen LogP contribution is 2.40. The second kappa shape index (κ2) is 34.2. The van der Waals surface area contributed by atoms with Gasteiger partial charge in [-0.1, -0.05) is 112 Å². The van der Waals surface area contributed by atoms with Gasteiger partial charge < -0.3 is 53.7 Å². The molecule has 0 spiro atoms. The van der Waals surface area contributed by atoms with Crippen LogP contribution in [0.15, 0.2) is 89.8 Å². The number of hydrogen-bond acceptors (Lipinski definition) is 12. The summed E-state index contributed by atoms with van der Waals surface area (Å²) in [6.07, 6.45) is 0.255. The van der Waals surface area contributed by atoms with Gasteiger partial charge in [0.25, 0.3) is 0 Å². The van der Waals surface area contributed by atoms with E-state index in [0.717, 1.165) is 39.5 Å². The molecule has 0 radical (unpaired) electrons. The molecule has 12 nitrogen and oxygen atoms in total. The molecule has 0 amide bonds. The molecule has 0 saturated carbocycles. The highest BCUT2D eigenvalue weighted by molar-refractivity contribution is 7.79. The van der Waals surface area contributed by atoms with Crippen molar-refractivity contribution in [1.29, 1.82) is 0 Å². The van der Waals surface area contributed by atoms with Gasteiger partial charge in [0.05, 0.1) is 61.0 Å². The van der Waals surface area contributed by atoms with Crippen LogP contribution in [0.4, 0.5) is 0 Å². The van der Waals surface area contributed by atoms with Gasteiger partial charge in [-0.05, 0) is 158 Å². The zero-order valence-electron chi connectivity index (χ0n) is 48.3. The normalized spacial score (nSPS) is 11.1. The van der Waals surface area contributed by atoms with Crippen LogP contribution in [0.1, 0.15) is 171 Å². The van der Waals surface area contributed by atoms with Crippen LogP contribution >= 0.6 is 0 Å². The topological polar surface area (TPSA) is 171 Å². The van der Waals surface area contributed by atoms with Crippen LogP contribution < -0.4 is 38.9 Å². The molecule has 0 aliphatic carbocycles. The summed E-state index contributed by atoms with van der Waals surface area (Å²) in [5.74, 6) is 7.57. The zero-order chi connectivity index (χ0) is 56.3. The third-order valence-corrected chi connectivity index (χ3v) is 12.1. The van der Waals surface area contributed by atoms with Crippen molar-refractivity contribution < 1.29 is 52.1 Å². The molecule has 0 saturated heterocycles. The monoisotopic (exact) mass is 1030 g/mol. The number of hydrogen-bond donors (Lipinski definition) is 3. The lowest BCUT2D eigenvalue weighted by molar-refractivity contribution is 0.0759. The number of benzene rings is 5. The molecule has 0 heterocycles. The van der Waals surface area contributed by atoms with Crippen LogP contribution in [-0.2, 0) is 23.3 Å². The highest BCUT2D eigenvalue weighted by atomic mass is 32.2. The van der Waals surface area contributed by atoms with E-state index in [-0.39, 0.29) is 12.7 Å². The van der Waals surface area contributed by atoms with E-state index >= 15 is 0 Å². The minimum absolute atomic E-state index is 0.0279. The molecule has 410 valence electrons. The largest absolute Gasteiger partial charge is 0.768 e. The number of methoxy groups -OCH3 is 6. The van der Waals surface area contributed by atoms with Gasteiger partial charge in [-0.2, -0.15) is 0 Å². The van der Waals surface area contributed by atoms with E-state index in [0.29, 0.717) is 57.5 Å². The fourth-order valence-corrected chi connectivity index (χ4v) is 7.56. The molecule has 1 atom stereocenters. The summed E-state index contributed by atoms with van der Waals surface area (Å²) in [7, 11) is 11.3. The van der Waals surface area contributed by atoms with E-state index in [1.807, 2.05) is 87.5 Å². The molecule has 5 aromatic carbocycles. The van der Waals surface area contributed by atoms with E-state index in [9.17, 15) is 19.0 Å². The van der Waals surface area contributed by atoms with E-state index in [2.05, 4.69) is 87.1 Å². The van der Waals surface area contributed by atoms with Crippen LogP contribution in [0.5, 0.6) is 40.2 Å². The Balaban J connectivity index is 0.000000881. The van der Waals surface area contributed by atoms with Crippen LogP contribution in [0.3, 0.4) is 0 Å². The third kappa shape index (κ3) is 22.8. The lowest BCUT2D eigenvalue weighted by Crippen LogP contribution is -2.18. The fourth-order valence-electron chi connectivity index (χ4n) is 7.06. The molecule has 0 bridgehead atoms. The first-order valence-electron chi connectivity index (χ1n) is 24.9. The molecule has 5 aromatic rings. The quantitative estimate of drug-likeness (QED) is 0.0800. The second-order valence-corrected chi connectivity index (χ2v) is 20.2. The van der Waals surface area contributed by atoms with Crippen molar-refractivity contribution in [2.45, 2.75) is 157 Å². The van der Waals surface area contributed by atoms with Crippen molar-refractivity contribution in [2.75, 3.05) is 49.7 Å². The maximum Gasteiger partial charge on any atom is 0.203 e. The van der Waals surface area contributed by atoms with Gasteiger partial charge in [0.1, 0.15) is 11.5 Å². The van der Waals surface area contributed by atoms with Gasteiger partial charge in [0.15, 0.2) is 23.0 Å². The van der Waals surface area contributed by atoms with Crippen molar-refractivity contribution in [1.82, 2.24) is 0 Å². The standard InChI is InChI=1S/C13H20O2.2C12H18O3.C12H18O.C10H14O2S.CH5N/c1-9(2)10-5-6-12(13(3,4)15)11(7-10)8-14;1-8(2)9-6-11(14-4)12(15-5)7-10(9)13-3;1-8(2)9-6-10(13-3)12(15-5)11(7-9)14-4;1-9(2)11-5-7-12(8-6-11)13-10(3)4;1-7(2)9-4-5-10(13(11)12)8(3)6-9;1-2/h5-7,9,14-15H,8H2,1-4H3;2*6-8H,1-5H3;5-10H,1-4H3;4-7H,1-3H3,(H,11,12);2H2,1H3/p-1. The Morgan fingerprint density at radius 3 is 1.32 bits per heavy atom. The predicted octanol–water partition coefficient (Wildman–Crippen LogP) is 13.7. The van der Waals surface area contributed by atoms with Crippen molar-refractivity contribution in [3.05, 3.63) is 129 Å². The Bertz CT molecular complexity index is 2330. The summed E-state index contributed by atoms with van der Waals surface area (Å²) in [6, 6.07) is 27.4. The van der Waals surface area contributed by atoms with Gasteiger partial charge in [-0.3, -0.25) is 4.21 Å². The summed E-state index contributed by atoms with van der Waals surface area (Å²) in [4.78, 5) is 0.393. The number of aliphatic hydroxyl groups is 2. The Hall–Kier alpha value is -5.31. The van der Waals surface area contributed by atoms with E-state index < -0.39 is 16.7 Å². The van der Waals surface area contributed by atoms with Gasteiger partial charge in [0.2, 0.25) is 5.75 Å².